The molecule has 0 N–H and O–H groups in total. The number of nitrogens with zero attached hydrogens (tertiary/aromatic N) is 3. The maximum atomic E-state index is 14.5. The molecule has 5 rings (SSSR count). The predicted molar refractivity (Wildman–Crippen MR) is 185 cm³/mol. The quantitative estimate of drug-likeness (QED) is 0.0751. The number of aromatic nitrogens is 1. The molecular weight excluding hydrogens is 657 g/mol. The first kappa shape index (κ1) is 36.6. The minimum absolute atomic E-state index is 0.00330. The average Bonchev–Trinajstić information content (AvgIpc) is 3.10. The molecule has 0 radical (unpaired) electrons. The summed E-state index contributed by atoms with van der Waals surface area (Å²) in [5.74, 6) is -1.84. The third-order valence-corrected chi connectivity index (χ3v) is 10.4. The fraction of sp³-hybridized carbons (Fsp3) is 0.421. The van der Waals surface area contributed by atoms with Crippen molar-refractivity contribution in [3.63, 3.8) is 0 Å². The molecule has 11 heteroatoms. The number of hydrogen-bond acceptors (Lipinski definition) is 4. The number of pyridine rings is 1. The second kappa shape index (κ2) is 16.8. The molecular formula is C38H42F5N3O2S. The Kier molecular flexibility index (Phi) is 12.5. The number of alkyl halides is 3. The molecule has 1 aliphatic rings. The predicted octanol–water partition coefficient (Wildman–Crippen LogP) is 8.71. The van der Waals surface area contributed by atoms with E-state index in [1.807, 2.05) is 15.5 Å². The lowest BCUT2D eigenvalue weighted by Gasteiger charge is -2.38. The summed E-state index contributed by atoms with van der Waals surface area (Å²) < 4.78 is 68.9. The normalized spacial score (nSPS) is 14.4. The van der Waals surface area contributed by atoms with Crippen molar-refractivity contribution in [1.29, 1.82) is 0 Å². The van der Waals surface area contributed by atoms with Gasteiger partial charge in [-0.15, -0.1) is 11.8 Å². The average molecular weight is 700 g/mol. The van der Waals surface area contributed by atoms with Gasteiger partial charge in [0.05, 0.1) is 16.1 Å². The van der Waals surface area contributed by atoms with Crippen molar-refractivity contribution in [2.45, 2.75) is 81.4 Å². The van der Waals surface area contributed by atoms with Gasteiger partial charge in [-0.1, -0.05) is 56.2 Å². The SMILES string of the molecule is CCN1CCC(N(CCCCCCc2ccc(C(F)(F)F)cc2)C(=O)Cn2c(SCc3cccc(F)c3F)cc(=O)c3ccccc32)CC1. The molecule has 0 atom stereocenters. The molecule has 1 aliphatic heterocycles. The van der Waals surface area contributed by atoms with E-state index in [2.05, 4.69) is 11.8 Å². The topological polar surface area (TPSA) is 45.5 Å². The highest BCUT2D eigenvalue weighted by molar-refractivity contribution is 7.98. The van der Waals surface area contributed by atoms with Gasteiger partial charge in [-0.3, -0.25) is 9.59 Å². The van der Waals surface area contributed by atoms with Crippen molar-refractivity contribution in [2.24, 2.45) is 0 Å². The van der Waals surface area contributed by atoms with Crippen molar-refractivity contribution in [3.05, 3.63) is 111 Å². The maximum Gasteiger partial charge on any atom is 0.416 e. The first-order valence-corrected chi connectivity index (χ1v) is 17.9. The van der Waals surface area contributed by atoms with Gasteiger partial charge in [-0.05, 0) is 74.5 Å². The van der Waals surface area contributed by atoms with Crippen molar-refractivity contribution >= 4 is 28.6 Å². The fourth-order valence-corrected chi connectivity index (χ4v) is 7.54. The molecule has 1 saturated heterocycles. The summed E-state index contributed by atoms with van der Waals surface area (Å²) in [6.07, 6.45) is 1.46. The summed E-state index contributed by atoms with van der Waals surface area (Å²) in [7, 11) is 0. The van der Waals surface area contributed by atoms with E-state index in [9.17, 15) is 31.5 Å². The first-order valence-electron chi connectivity index (χ1n) is 16.9. The molecule has 262 valence electrons. The van der Waals surface area contributed by atoms with E-state index < -0.39 is 23.4 Å². The lowest BCUT2D eigenvalue weighted by Crippen LogP contribution is -2.48. The second-order valence-corrected chi connectivity index (χ2v) is 13.6. The minimum atomic E-state index is -4.34. The number of rotatable bonds is 14. The summed E-state index contributed by atoms with van der Waals surface area (Å²) in [5, 5.41) is 0.983. The van der Waals surface area contributed by atoms with Gasteiger partial charge in [0, 0.05) is 48.4 Å². The zero-order chi connectivity index (χ0) is 35.0. The van der Waals surface area contributed by atoms with Crippen molar-refractivity contribution < 1.29 is 26.7 Å². The van der Waals surface area contributed by atoms with Gasteiger partial charge in [0.2, 0.25) is 5.91 Å². The van der Waals surface area contributed by atoms with Gasteiger partial charge in [0.1, 0.15) is 6.54 Å². The number of thioether (sulfide) groups is 1. The molecule has 0 bridgehead atoms. The van der Waals surface area contributed by atoms with Crippen LogP contribution in [0.3, 0.4) is 0 Å². The lowest BCUT2D eigenvalue weighted by molar-refractivity contribution is -0.137. The second-order valence-electron chi connectivity index (χ2n) is 12.6. The first-order chi connectivity index (χ1) is 23.5. The fourth-order valence-electron chi connectivity index (χ4n) is 6.51. The summed E-state index contributed by atoms with van der Waals surface area (Å²) in [6.45, 7) is 5.46. The van der Waals surface area contributed by atoms with Crippen LogP contribution >= 0.6 is 11.8 Å². The Morgan fingerprint density at radius 3 is 2.35 bits per heavy atom. The Morgan fingerprint density at radius 1 is 0.918 bits per heavy atom. The molecule has 0 saturated carbocycles. The highest BCUT2D eigenvalue weighted by atomic mass is 32.2. The number of likely N-dealkylation sites (tertiary alicyclic amines) is 1. The molecule has 1 amide bonds. The highest BCUT2D eigenvalue weighted by Crippen LogP contribution is 2.30. The molecule has 1 fully saturated rings. The summed E-state index contributed by atoms with van der Waals surface area (Å²) >= 11 is 1.19. The third-order valence-electron chi connectivity index (χ3n) is 9.34. The van der Waals surface area contributed by atoms with Gasteiger partial charge >= 0.3 is 6.18 Å². The number of amides is 1. The Balaban J connectivity index is 1.28. The Hall–Kier alpha value is -3.70. The molecule has 3 aromatic carbocycles. The van der Waals surface area contributed by atoms with Crippen LogP contribution in [0.1, 0.15) is 62.1 Å². The molecule has 0 unspecified atom stereocenters. The number of aryl methyl sites for hydroxylation is 1. The van der Waals surface area contributed by atoms with Crippen LogP contribution in [0.15, 0.2) is 82.6 Å². The number of hydrogen-bond donors (Lipinski definition) is 0. The van der Waals surface area contributed by atoms with Crippen molar-refractivity contribution in [1.82, 2.24) is 14.4 Å². The zero-order valence-electron chi connectivity index (χ0n) is 27.7. The van der Waals surface area contributed by atoms with E-state index in [1.165, 1.54) is 42.1 Å². The van der Waals surface area contributed by atoms with E-state index in [4.69, 9.17) is 0 Å². The monoisotopic (exact) mass is 699 g/mol. The number of carbonyl (C=O) groups is 1. The van der Waals surface area contributed by atoms with Crippen LogP contribution in [-0.4, -0.2) is 52.5 Å². The molecule has 4 aromatic rings. The number of fused-ring (bicyclic) bond motifs is 1. The Morgan fingerprint density at radius 2 is 1.63 bits per heavy atom. The van der Waals surface area contributed by atoms with E-state index in [-0.39, 0.29) is 35.2 Å². The third kappa shape index (κ3) is 9.51. The molecule has 2 heterocycles. The summed E-state index contributed by atoms with van der Waals surface area (Å²) in [6, 6.07) is 18.0. The molecule has 1 aromatic heterocycles. The van der Waals surface area contributed by atoms with Crippen LogP contribution in [-0.2, 0) is 29.7 Å². The van der Waals surface area contributed by atoms with E-state index in [1.54, 1.807) is 18.2 Å². The van der Waals surface area contributed by atoms with Gasteiger partial charge < -0.3 is 14.4 Å². The van der Waals surface area contributed by atoms with Crippen LogP contribution in [0.25, 0.3) is 10.9 Å². The van der Waals surface area contributed by atoms with E-state index in [0.29, 0.717) is 28.9 Å². The smallest absolute Gasteiger partial charge is 0.338 e. The lowest BCUT2D eigenvalue weighted by atomic mass is 10.0. The molecule has 0 aliphatic carbocycles. The largest absolute Gasteiger partial charge is 0.416 e. The Labute approximate surface area is 288 Å². The summed E-state index contributed by atoms with van der Waals surface area (Å²) in [5.41, 5.74) is 0.795. The van der Waals surface area contributed by atoms with Gasteiger partial charge in [0.15, 0.2) is 17.1 Å². The molecule has 0 spiro atoms. The number of piperidine rings is 1. The van der Waals surface area contributed by atoms with Crippen LogP contribution < -0.4 is 5.43 Å². The van der Waals surface area contributed by atoms with Crippen LogP contribution in [0, 0.1) is 11.6 Å². The van der Waals surface area contributed by atoms with Gasteiger partial charge in [0.25, 0.3) is 0 Å². The number of benzene rings is 3. The number of halogens is 5. The molecule has 49 heavy (non-hydrogen) atoms. The van der Waals surface area contributed by atoms with Crippen molar-refractivity contribution in [3.8, 4) is 0 Å². The number of para-hydroxylation sites is 1. The highest BCUT2D eigenvalue weighted by Gasteiger charge is 2.30. The van der Waals surface area contributed by atoms with Gasteiger partial charge in [-0.25, -0.2) is 8.78 Å². The van der Waals surface area contributed by atoms with Crippen LogP contribution in [0.2, 0.25) is 0 Å². The minimum Gasteiger partial charge on any atom is -0.338 e. The van der Waals surface area contributed by atoms with E-state index in [0.717, 1.165) is 81.9 Å². The van der Waals surface area contributed by atoms with Crippen molar-refractivity contribution in [2.75, 3.05) is 26.2 Å². The molecule has 5 nitrogen and oxygen atoms in total. The van der Waals surface area contributed by atoms with Crippen LogP contribution in [0.4, 0.5) is 22.0 Å². The Bertz CT molecular complexity index is 1770. The van der Waals surface area contributed by atoms with E-state index >= 15 is 0 Å². The van der Waals surface area contributed by atoms with Gasteiger partial charge in [-0.2, -0.15) is 13.2 Å². The maximum absolute atomic E-state index is 14.5. The standard InChI is InChI=1S/C38H42F5N3O2S/c1-2-44-22-19-30(20-23-44)45(21-8-4-3-5-10-27-15-17-29(18-16-27)38(41,42)43)35(48)25-46-33-14-7-6-12-31(33)34(47)24-36(46)49-26-28-11-9-13-32(39)37(28)40/h6-7,9,11-18,24,30H,2-5,8,10,19-23,25-26H2,1H3. The number of carbonyl (C=O) groups excluding carboxylic acids is 1. The number of unbranched alkanes of at least 4 members (excludes halogenated alkanes) is 3. The van der Waals surface area contributed by atoms with Crippen LogP contribution in [0.5, 0.6) is 0 Å². The zero-order valence-corrected chi connectivity index (χ0v) is 28.5. The summed E-state index contributed by atoms with van der Waals surface area (Å²) in [4.78, 5) is 31.7.